The minimum atomic E-state index is -0.295. The molecule has 5 heteroatoms. The third-order valence-corrected chi connectivity index (χ3v) is 4.06. The molecule has 0 amide bonds. The number of para-hydroxylation sites is 1. The van der Waals surface area contributed by atoms with E-state index in [1.165, 1.54) is 17.4 Å². The second-order valence-corrected chi connectivity index (χ2v) is 5.35. The number of imidazole rings is 1. The lowest BCUT2D eigenvalue weighted by Crippen LogP contribution is -1.91. The van der Waals surface area contributed by atoms with Crippen LogP contribution in [0.3, 0.4) is 0 Å². The average Bonchev–Trinajstić information content (AvgIpc) is 2.81. The summed E-state index contributed by atoms with van der Waals surface area (Å²) in [4.78, 5) is 5.39. The van der Waals surface area contributed by atoms with Crippen LogP contribution in [-0.2, 0) is 7.05 Å². The summed E-state index contributed by atoms with van der Waals surface area (Å²) in [5, 5.41) is 0.745. The molecule has 0 saturated heterocycles. The molecule has 0 bridgehead atoms. The summed E-state index contributed by atoms with van der Waals surface area (Å²) in [6.45, 7) is 1.98. The van der Waals surface area contributed by atoms with Gasteiger partial charge in [0.15, 0.2) is 11.6 Å². The molecule has 3 rings (SSSR count). The molecule has 0 fully saturated rings. The van der Waals surface area contributed by atoms with Crippen molar-refractivity contribution in [2.75, 3.05) is 5.73 Å². The van der Waals surface area contributed by atoms with Gasteiger partial charge in [-0.2, -0.15) is 0 Å². The lowest BCUT2D eigenvalue weighted by Gasteiger charge is -2.00. The number of halogens is 1. The van der Waals surface area contributed by atoms with Gasteiger partial charge in [0, 0.05) is 7.05 Å². The molecule has 0 aliphatic rings. The molecule has 0 saturated carbocycles. The number of fused-ring (bicyclic) bond motifs is 1. The summed E-state index contributed by atoms with van der Waals surface area (Å²) in [6.07, 6.45) is 0. The Morgan fingerprint density at radius 3 is 2.78 bits per heavy atom. The van der Waals surface area contributed by atoms with E-state index in [0.717, 1.165) is 26.8 Å². The van der Waals surface area contributed by atoms with E-state index in [9.17, 15) is 4.39 Å². The normalized spacial score (nSPS) is 11.3. The standard InChI is InChI=1S/C13H12FN3S/c1-7-6-10(15)18-12(7)13-16-11-8(14)4-3-5-9(11)17(13)2/h3-6H,15H2,1-2H3. The summed E-state index contributed by atoms with van der Waals surface area (Å²) in [5.41, 5.74) is 8.06. The highest BCUT2D eigenvalue weighted by molar-refractivity contribution is 7.19. The Morgan fingerprint density at radius 2 is 2.17 bits per heavy atom. The lowest BCUT2D eigenvalue weighted by molar-refractivity contribution is 0.637. The van der Waals surface area contributed by atoms with Crippen molar-refractivity contribution in [3.05, 3.63) is 35.6 Å². The number of thiophene rings is 1. The van der Waals surface area contributed by atoms with E-state index >= 15 is 0 Å². The first-order valence-electron chi connectivity index (χ1n) is 5.55. The Hall–Kier alpha value is -1.88. The number of nitrogen functional groups attached to an aromatic ring is 1. The van der Waals surface area contributed by atoms with E-state index in [-0.39, 0.29) is 5.82 Å². The van der Waals surface area contributed by atoms with Gasteiger partial charge >= 0.3 is 0 Å². The molecule has 0 aliphatic heterocycles. The van der Waals surface area contributed by atoms with Gasteiger partial charge in [-0.25, -0.2) is 9.37 Å². The van der Waals surface area contributed by atoms with Crippen LogP contribution < -0.4 is 5.73 Å². The zero-order valence-electron chi connectivity index (χ0n) is 10.1. The van der Waals surface area contributed by atoms with E-state index < -0.39 is 0 Å². The van der Waals surface area contributed by atoms with E-state index in [1.54, 1.807) is 6.07 Å². The molecule has 2 heterocycles. The van der Waals surface area contributed by atoms with Gasteiger partial charge in [0.25, 0.3) is 0 Å². The number of benzene rings is 1. The molecule has 3 nitrogen and oxygen atoms in total. The molecule has 1 aromatic carbocycles. The molecule has 3 aromatic rings. The first kappa shape index (κ1) is 11.2. The van der Waals surface area contributed by atoms with Crippen molar-refractivity contribution in [3.8, 4) is 10.7 Å². The van der Waals surface area contributed by atoms with E-state index in [2.05, 4.69) is 4.98 Å². The summed E-state index contributed by atoms with van der Waals surface area (Å²) in [6, 6.07) is 6.89. The lowest BCUT2D eigenvalue weighted by atomic mass is 10.3. The fourth-order valence-corrected chi connectivity index (χ4v) is 3.08. The van der Waals surface area contributed by atoms with Crippen LogP contribution in [0.2, 0.25) is 0 Å². The maximum absolute atomic E-state index is 13.7. The molecule has 18 heavy (non-hydrogen) atoms. The molecule has 0 spiro atoms. The quantitative estimate of drug-likeness (QED) is 0.730. The Balaban J connectivity index is 2.34. The van der Waals surface area contributed by atoms with Gasteiger partial charge in [-0.05, 0) is 30.7 Å². The number of nitrogens with two attached hydrogens (primary N) is 1. The third kappa shape index (κ3) is 1.51. The van der Waals surface area contributed by atoms with E-state index in [4.69, 9.17) is 5.73 Å². The van der Waals surface area contributed by atoms with E-state index in [1.807, 2.05) is 30.7 Å². The largest absolute Gasteiger partial charge is 0.391 e. The van der Waals surface area contributed by atoms with Crippen molar-refractivity contribution < 1.29 is 4.39 Å². The molecular weight excluding hydrogens is 249 g/mol. The van der Waals surface area contributed by atoms with Crippen molar-refractivity contribution in [3.63, 3.8) is 0 Å². The van der Waals surface area contributed by atoms with Crippen LogP contribution in [0, 0.1) is 12.7 Å². The van der Waals surface area contributed by atoms with Gasteiger partial charge in [0.1, 0.15) is 5.52 Å². The molecule has 0 atom stereocenters. The molecule has 0 aliphatic carbocycles. The predicted molar refractivity (Wildman–Crippen MR) is 73.1 cm³/mol. The highest BCUT2D eigenvalue weighted by Crippen LogP contribution is 2.34. The Labute approximate surface area is 108 Å². The van der Waals surface area contributed by atoms with Gasteiger partial charge in [-0.1, -0.05) is 6.07 Å². The first-order valence-corrected chi connectivity index (χ1v) is 6.37. The molecular formula is C13H12FN3S. The monoisotopic (exact) mass is 261 g/mol. The Kier molecular flexibility index (Phi) is 2.38. The minimum absolute atomic E-state index is 0.295. The summed E-state index contributed by atoms with van der Waals surface area (Å²) in [5.74, 6) is 0.464. The Bertz CT molecular complexity index is 742. The van der Waals surface area contributed by atoms with Crippen molar-refractivity contribution in [2.45, 2.75) is 6.92 Å². The van der Waals surface area contributed by atoms with Gasteiger partial charge in [-0.15, -0.1) is 11.3 Å². The molecule has 92 valence electrons. The van der Waals surface area contributed by atoms with Crippen LogP contribution in [0.1, 0.15) is 5.56 Å². The molecule has 0 unspecified atom stereocenters. The van der Waals surface area contributed by atoms with Gasteiger partial charge < -0.3 is 10.3 Å². The SMILES string of the molecule is Cc1cc(N)sc1-c1nc2c(F)cccc2n1C. The van der Waals surface area contributed by atoms with Crippen LogP contribution in [0.25, 0.3) is 21.7 Å². The van der Waals surface area contributed by atoms with Crippen molar-refractivity contribution in [1.82, 2.24) is 9.55 Å². The van der Waals surface area contributed by atoms with Crippen LogP contribution in [0.15, 0.2) is 24.3 Å². The summed E-state index contributed by atoms with van der Waals surface area (Å²) in [7, 11) is 1.89. The Morgan fingerprint density at radius 1 is 1.39 bits per heavy atom. The van der Waals surface area contributed by atoms with E-state index in [0.29, 0.717) is 5.52 Å². The van der Waals surface area contributed by atoms with Crippen LogP contribution in [0.4, 0.5) is 9.39 Å². The number of aromatic nitrogens is 2. The number of nitrogens with zero attached hydrogens (tertiary/aromatic N) is 2. The minimum Gasteiger partial charge on any atom is -0.391 e. The number of hydrogen-bond donors (Lipinski definition) is 1. The van der Waals surface area contributed by atoms with Crippen molar-refractivity contribution >= 4 is 27.4 Å². The number of rotatable bonds is 1. The summed E-state index contributed by atoms with van der Waals surface area (Å²) < 4.78 is 15.6. The fourth-order valence-electron chi connectivity index (χ4n) is 2.11. The third-order valence-electron chi connectivity index (χ3n) is 3.00. The summed E-state index contributed by atoms with van der Waals surface area (Å²) >= 11 is 1.47. The smallest absolute Gasteiger partial charge is 0.151 e. The zero-order chi connectivity index (χ0) is 12.9. The van der Waals surface area contributed by atoms with Crippen LogP contribution in [-0.4, -0.2) is 9.55 Å². The van der Waals surface area contributed by atoms with Gasteiger partial charge in [0.05, 0.1) is 15.4 Å². The zero-order valence-corrected chi connectivity index (χ0v) is 10.9. The maximum Gasteiger partial charge on any atom is 0.151 e. The average molecular weight is 261 g/mol. The highest BCUT2D eigenvalue weighted by atomic mass is 32.1. The predicted octanol–water partition coefficient (Wildman–Crippen LogP) is 3.33. The van der Waals surface area contributed by atoms with Crippen LogP contribution >= 0.6 is 11.3 Å². The molecule has 0 radical (unpaired) electrons. The second-order valence-electron chi connectivity index (χ2n) is 4.26. The van der Waals surface area contributed by atoms with Crippen molar-refractivity contribution in [2.24, 2.45) is 7.05 Å². The number of anilines is 1. The van der Waals surface area contributed by atoms with Crippen LogP contribution in [0.5, 0.6) is 0 Å². The molecule has 2 aromatic heterocycles. The highest BCUT2D eigenvalue weighted by Gasteiger charge is 2.16. The first-order chi connectivity index (χ1) is 8.58. The maximum atomic E-state index is 13.7. The van der Waals surface area contributed by atoms with Gasteiger partial charge in [0.2, 0.25) is 0 Å². The number of aryl methyl sites for hydroxylation is 2. The number of hydrogen-bond acceptors (Lipinski definition) is 3. The van der Waals surface area contributed by atoms with Crippen molar-refractivity contribution in [1.29, 1.82) is 0 Å². The van der Waals surface area contributed by atoms with Gasteiger partial charge in [-0.3, -0.25) is 0 Å². The molecule has 2 N–H and O–H groups in total. The second kappa shape index (κ2) is 3.81. The topological polar surface area (TPSA) is 43.8 Å². The fraction of sp³-hybridized carbons (Fsp3) is 0.154.